The van der Waals surface area contributed by atoms with Gasteiger partial charge in [0.25, 0.3) is 0 Å². The molecule has 20 heavy (non-hydrogen) atoms. The summed E-state index contributed by atoms with van der Waals surface area (Å²) in [6.07, 6.45) is 0. The van der Waals surface area contributed by atoms with E-state index >= 15 is 0 Å². The summed E-state index contributed by atoms with van der Waals surface area (Å²) in [5, 5.41) is 0. The van der Waals surface area contributed by atoms with E-state index in [1.54, 1.807) is 14.0 Å². The Morgan fingerprint density at radius 3 is 2.35 bits per heavy atom. The van der Waals surface area contributed by atoms with Crippen molar-refractivity contribution in [2.24, 2.45) is 0 Å². The summed E-state index contributed by atoms with van der Waals surface area (Å²) in [5.74, 6) is 1.13. The van der Waals surface area contributed by atoms with Crippen molar-refractivity contribution < 1.29 is 9.53 Å². The molecule has 0 spiro atoms. The molecule has 4 heteroatoms. The van der Waals surface area contributed by atoms with Crippen LogP contribution in [-0.4, -0.2) is 49.0 Å². The number of piperazine rings is 1. The molecule has 0 radical (unpaired) electrons. The largest absolute Gasteiger partial charge is 0.496 e. The van der Waals surface area contributed by atoms with Crippen LogP contribution in [0.3, 0.4) is 0 Å². The molecule has 1 fully saturated rings. The van der Waals surface area contributed by atoms with E-state index in [0.717, 1.165) is 38.5 Å². The summed E-state index contributed by atoms with van der Waals surface area (Å²) in [4.78, 5) is 15.7. The lowest BCUT2D eigenvalue weighted by atomic mass is 10.0. The molecule has 1 saturated heterocycles. The monoisotopic (exact) mass is 276 g/mol. The maximum Gasteiger partial charge on any atom is 0.219 e. The number of benzene rings is 1. The van der Waals surface area contributed by atoms with Gasteiger partial charge >= 0.3 is 0 Å². The summed E-state index contributed by atoms with van der Waals surface area (Å²) >= 11 is 0. The van der Waals surface area contributed by atoms with Crippen molar-refractivity contribution in [3.05, 3.63) is 28.8 Å². The average Bonchev–Trinajstić information content (AvgIpc) is 2.45. The Morgan fingerprint density at radius 1 is 1.15 bits per heavy atom. The topological polar surface area (TPSA) is 32.8 Å². The number of amides is 1. The van der Waals surface area contributed by atoms with Gasteiger partial charge in [-0.3, -0.25) is 9.69 Å². The number of nitrogens with zero attached hydrogens (tertiary/aromatic N) is 2. The van der Waals surface area contributed by atoms with E-state index in [0.29, 0.717) is 0 Å². The molecule has 0 aliphatic carbocycles. The average molecular weight is 276 g/mol. The number of hydrogen-bond donors (Lipinski definition) is 0. The Hall–Kier alpha value is -1.55. The van der Waals surface area contributed by atoms with E-state index in [1.165, 1.54) is 16.7 Å². The number of hydrogen-bond acceptors (Lipinski definition) is 3. The van der Waals surface area contributed by atoms with Crippen LogP contribution in [0.1, 0.15) is 23.6 Å². The van der Waals surface area contributed by atoms with Gasteiger partial charge in [0.2, 0.25) is 5.91 Å². The molecule has 0 atom stereocenters. The summed E-state index contributed by atoms with van der Waals surface area (Å²) in [7, 11) is 1.71. The standard InChI is InChI=1S/C16H24N2O2/c1-12-13(2)16(20-4)6-5-15(12)11-17-7-9-18(10-8-17)14(3)19/h5-6H,7-11H2,1-4H3. The summed E-state index contributed by atoms with van der Waals surface area (Å²) < 4.78 is 5.35. The van der Waals surface area contributed by atoms with Gasteiger partial charge in [0.15, 0.2) is 0 Å². The van der Waals surface area contributed by atoms with Crippen molar-refractivity contribution in [3.8, 4) is 5.75 Å². The molecule has 1 aromatic carbocycles. The van der Waals surface area contributed by atoms with E-state index in [1.807, 2.05) is 11.0 Å². The van der Waals surface area contributed by atoms with Crippen molar-refractivity contribution in [2.45, 2.75) is 27.3 Å². The third-order valence-corrected chi connectivity index (χ3v) is 4.28. The minimum atomic E-state index is 0.182. The summed E-state index contributed by atoms with van der Waals surface area (Å²) in [6, 6.07) is 4.20. The smallest absolute Gasteiger partial charge is 0.219 e. The molecule has 110 valence electrons. The maximum absolute atomic E-state index is 11.3. The second-order valence-electron chi connectivity index (χ2n) is 5.46. The molecule has 1 aromatic rings. The third kappa shape index (κ3) is 3.12. The van der Waals surface area contributed by atoms with E-state index in [4.69, 9.17) is 4.74 Å². The van der Waals surface area contributed by atoms with Crippen LogP contribution in [0, 0.1) is 13.8 Å². The first-order valence-corrected chi connectivity index (χ1v) is 7.14. The molecule has 0 N–H and O–H groups in total. The Balaban J connectivity index is 2.01. The normalized spacial score (nSPS) is 16.3. The van der Waals surface area contributed by atoms with Gasteiger partial charge in [0, 0.05) is 39.6 Å². The SMILES string of the molecule is COc1ccc(CN2CCN(C(C)=O)CC2)c(C)c1C. The highest BCUT2D eigenvalue weighted by Gasteiger charge is 2.19. The zero-order valence-corrected chi connectivity index (χ0v) is 12.9. The van der Waals surface area contributed by atoms with Gasteiger partial charge in [-0.25, -0.2) is 0 Å². The number of methoxy groups -OCH3 is 1. The number of rotatable bonds is 3. The number of carbonyl (C=O) groups is 1. The van der Waals surface area contributed by atoms with E-state index in [2.05, 4.69) is 24.8 Å². The lowest BCUT2D eigenvalue weighted by Crippen LogP contribution is -2.47. The molecule has 0 saturated carbocycles. The van der Waals surface area contributed by atoms with Crippen molar-refractivity contribution in [3.63, 3.8) is 0 Å². The molecule has 0 bridgehead atoms. The first kappa shape index (κ1) is 14.9. The van der Waals surface area contributed by atoms with Gasteiger partial charge in [0.05, 0.1) is 7.11 Å². The van der Waals surface area contributed by atoms with E-state index in [9.17, 15) is 4.79 Å². The van der Waals surface area contributed by atoms with Crippen LogP contribution in [0.25, 0.3) is 0 Å². The van der Waals surface area contributed by atoms with Crippen LogP contribution in [0.4, 0.5) is 0 Å². The molecule has 1 aliphatic rings. The quantitative estimate of drug-likeness (QED) is 0.846. The second kappa shape index (κ2) is 6.27. The fourth-order valence-corrected chi connectivity index (χ4v) is 2.71. The van der Waals surface area contributed by atoms with Gasteiger partial charge in [0.1, 0.15) is 5.75 Å². The highest BCUT2D eigenvalue weighted by atomic mass is 16.5. The lowest BCUT2D eigenvalue weighted by Gasteiger charge is -2.34. The predicted octanol–water partition coefficient (Wildman–Crippen LogP) is 1.98. The van der Waals surface area contributed by atoms with Crippen LogP contribution in [-0.2, 0) is 11.3 Å². The Morgan fingerprint density at radius 2 is 1.80 bits per heavy atom. The van der Waals surface area contributed by atoms with Gasteiger partial charge in [-0.2, -0.15) is 0 Å². The summed E-state index contributed by atoms with van der Waals surface area (Å²) in [5.41, 5.74) is 3.87. The van der Waals surface area contributed by atoms with Crippen molar-refractivity contribution in [1.82, 2.24) is 9.80 Å². The Bertz CT molecular complexity index is 491. The van der Waals surface area contributed by atoms with Crippen LogP contribution in [0.15, 0.2) is 12.1 Å². The van der Waals surface area contributed by atoms with E-state index < -0.39 is 0 Å². The third-order valence-electron chi connectivity index (χ3n) is 4.28. The van der Waals surface area contributed by atoms with Crippen LogP contribution in [0.2, 0.25) is 0 Å². The molecular weight excluding hydrogens is 252 g/mol. The molecule has 1 aliphatic heterocycles. The van der Waals surface area contributed by atoms with Gasteiger partial charge < -0.3 is 9.64 Å². The van der Waals surface area contributed by atoms with Crippen molar-refractivity contribution in [1.29, 1.82) is 0 Å². The predicted molar refractivity (Wildman–Crippen MR) is 80.0 cm³/mol. The van der Waals surface area contributed by atoms with E-state index in [-0.39, 0.29) is 5.91 Å². The Labute approximate surface area is 121 Å². The van der Waals surface area contributed by atoms with Crippen molar-refractivity contribution >= 4 is 5.91 Å². The van der Waals surface area contributed by atoms with Gasteiger partial charge in [-0.1, -0.05) is 6.07 Å². The zero-order valence-electron chi connectivity index (χ0n) is 12.9. The van der Waals surface area contributed by atoms with Crippen molar-refractivity contribution in [2.75, 3.05) is 33.3 Å². The van der Waals surface area contributed by atoms with Gasteiger partial charge in [-0.05, 0) is 36.6 Å². The summed E-state index contributed by atoms with van der Waals surface area (Å²) in [6.45, 7) is 10.4. The highest BCUT2D eigenvalue weighted by Crippen LogP contribution is 2.25. The van der Waals surface area contributed by atoms with Crippen LogP contribution < -0.4 is 4.74 Å². The first-order chi connectivity index (χ1) is 9.52. The first-order valence-electron chi connectivity index (χ1n) is 7.14. The minimum Gasteiger partial charge on any atom is -0.496 e. The second-order valence-corrected chi connectivity index (χ2v) is 5.46. The molecule has 1 amide bonds. The maximum atomic E-state index is 11.3. The minimum absolute atomic E-state index is 0.182. The number of carbonyl (C=O) groups excluding carboxylic acids is 1. The lowest BCUT2D eigenvalue weighted by molar-refractivity contribution is -0.130. The molecule has 0 unspecified atom stereocenters. The van der Waals surface area contributed by atoms with Crippen LogP contribution in [0.5, 0.6) is 5.75 Å². The molecule has 4 nitrogen and oxygen atoms in total. The van der Waals surface area contributed by atoms with Crippen LogP contribution >= 0.6 is 0 Å². The number of ether oxygens (including phenoxy) is 1. The molecule has 1 heterocycles. The zero-order chi connectivity index (χ0) is 14.7. The fraction of sp³-hybridized carbons (Fsp3) is 0.562. The fourth-order valence-electron chi connectivity index (χ4n) is 2.71. The molecule has 2 rings (SSSR count). The Kier molecular flexibility index (Phi) is 4.65. The van der Waals surface area contributed by atoms with Gasteiger partial charge in [-0.15, -0.1) is 0 Å². The molecule has 0 aromatic heterocycles. The highest BCUT2D eigenvalue weighted by molar-refractivity contribution is 5.73. The molecular formula is C16H24N2O2.